The van der Waals surface area contributed by atoms with E-state index in [0.717, 1.165) is 12.5 Å². The second-order valence-corrected chi connectivity index (χ2v) is 7.19. The molecular formula is C16H30N2S. The van der Waals surface area contributed by atoms with Crippen molar-refractivity contribution in [3.8, 4) is 0 Å². The third-order valence-electron chi connectivity index (χ3n) is 3.49. The molecule has 1 N–H and O–H groups in total. The third kappa shape index (κ3) is 6.53. The Hall–Kier alpha value is -0.410. The number of nitrogens with one attached hydrogen (secondary N) is 1. The lowest BCUT2D eigenvalue weighted by Crippen LogP contribution is -2.19. The minimum absolute atomic E-state index is 0.446. The zero-order valence-electron chi connectivity index (χ0n) is 13.3. The highest BCUT2D eigenvalue weighted by molar-refractivity contribution is 7.11. The first-order valence-electron chi connectivity index (χ1n) is 7.68. The second-order valence-electron chi connectivity index (χ2n) is 5.96. The Balaban J connectivity index is 2.11. The van der Waals surface area contributed by atoms with E-state index >= 15 is 0 Å². The van der Waals surface area contributed by atoms with Gasteiger partial charge in [-0.2, -0.15) is 0 Å². The van der Waals surface area contributed by atoms with Crippen LogP contribution in [-0.2, 0) is 0 Å². The molecule has 0 aliphatic rings. The minimum Gasteiger partial charge on any atom is -0.309 e. The standard InChI is InChI=1S/C16H30N2S/c1-12(2)10-8-6-7-9-11-17-13(3)16-14(4)18-15(5)19-16/h12-13,17H,6-11H2,1-5H3. The Morgan fingerprint density at radius 2 is 1.74 bits per heavy atom. The maximum atomic E-state index is 4.50. The summed E-state index contributed by atoms with van der Waals surface area (Å²) in [6.45, 7) is 12.2. The molecule has 0 aliphatic heterocycles. The maximum Gasteiger partial charge on any atom is 0.0900 e. The topological polar surface area (TPSA) is 24.9 Å². The van der Waals surface area contributed by atoms with Gasteiger partial charge in [0.15, 0.2) is 0 Å². The van der Waals surface area contributed by atoms with Crippen LogP contribution < -0.4 is 5.32 Å². The first kappa shape index (κ1) is 16.6. The zero-order valence-corrected chi connectivity index (χ0v) is 14.1. The lowest BCUT2D eigenvalue weighted by atomic mass is 10.0. The average molecular weight is 282 g/mol. The van der Waals surface area contributed by atoms with Gasteiger partial charge in [0, 0.05) is 10.9 Å². The number of aromatic nitrogens is 1. The smallest absolute Gasteiger partial charge is 0.0900 e. The van der Waals surface area contributed by atoms with E-state index in [4.69, 9.17) is 0 Å². The summed E-state index contributed by atoms with van der Waals surface area (Å²) in [5.41, 5.74) is 1.19. The molecule has 0 aromatic carbocycles. The molecule has 1 aromatic rings. The number of thiazole rings is 1. The van der Waals surface area contributed by atoms with Crippen LogP contribution in [0.25, 0.3) is 0 Å². The van der Waals surface area contributed by atoms with Gasteiger partial charge in [0.25, 0.3) is 0 Å². The summed E-state index contributed by atoms with van der Waals surface area (Å²) in [4.78, 5) is 5.90. The van der Waals surface area contributed by atoms with Gasteiger partial charge in [-0.05, 0) is 39.7 Å². The predicted molar refractivity (Wildman–Crippen MR) is 85.9 cm³/mol. The molecule has 0 saturated heterocycles. The van der Waals surface area contributed by atoms with Crippen molar-refractivity contribution in [1.29, 1.82) is 0 Å². The highest BCUT2D eigenvalue weighted by Gasteiger charge is 2.11. The van der Waals surface area contributed by atoms with Crippen LogP contribution in [0.2, 0.25) is 0 Å². The first-order chi connectivity index (χ1) is 9.00. The van der Waals surface area contributed by atoms with Gasteiger partial charge in [-0.15, -0.1) is 11.3 Å². The molecule has 110 valence electrons. The van der Waals surface area contributed by atoms with Crippen LogP contribution in [0.3, 0.4) is 0 Å². The Labute approximate surface area is 123 Å². The molecule has 0 bridgehead atoms. The summed E-state index contributed by atoms with van der Waals surface area (Å²) in [6.07, 6.45) is 6.79. The summed E-state index contributed by atoms with van der Waals surface area (Å²) < 4.78 is 0. The molecule has 0 saturated carbocycles. The van der Waals surface area contributed by atoms with Crippen LogP contribution in [0.4, 0.5) is 0 Å². The van der Waals surface area contributed by atoms with E-state index in [1.807, 2.05) is 11.3 Å². The molecule has 3 heteroatoms. The molecule has 1 heterocycles. The molecule has 0 amide bonds. The number of hydrogen-bond acceptors (Lipinski definition) is 3. The lowest BCUT2D eigenvalue weighted by Gasteiger charge is -2.12. The van der Waals surface area contributed by atoms with Crippen molar-refractivity contribution < 1.29 is 0 Å². The van der Waals surface area contributed by atoms with Crippen LogP contribution in [0, 0.1) is 19.8 Å². The zero-order chi connectivity index (χ0) is 14.3. The number of hydrogen-bond donors (Lipinski definition) is 1. The molecule has 2 nitrogen and oxygen atoms in total. The molecule has 0 spiro atoms. The quantitative estimate of drug-likeness (QED) is 0.643. The lowest BCUT2D eigenvalue weighted by molar-refractivity contribution is 0.499. The first-order valence-corrected chi connectivity index (χ1v) is 8.49. The highest BCUT2D eigenvalue weighted by atomic mass is 32.1. The summed E-state index contributed by atoms with van der Waals surface area (Å²) >= 11 is 1.82. The Morgan fingerprint density at radius 1 is 1.05 bits per heavy atom. The monoisotopic (exact) mass is 282 g/mol. The van der Waals surface area contributed by atoms with Gasteiger partial charge in [0.1, 0.15) is 0 Å². The van der Waals surface area contributed by atoms with E-state index in [0.29, 0.717) is 6.04 Å². The van der Waals surface area contributed by atoms with Crippen molar-refractivity contribution in [3.05, 3.63) is 15.6 Å². The van der Waals surface area contributed by atoms with Crippen LogP contribution in [0.1, 0.15) is 74.5 Å². The molecule has 1 rings (SSSR count). The van der Waals surface area contributed by atoms with Crippen LogP contribution >= 0.6 is 11.3 Å². The summed E-state index contributed by atoms with van der Waals surface area (Å²) in [5, 5.41) is 4.80. The van der Waals surface area contributed by atoms with Gasteiger partial charge in [-0.3, -0.25) is 0 Å². The second kappa shape index (κ2) is 8.70. The third-order valence-corrected chi connectivity index (χ3v) is 4.75. The molecule has 19 heavy (non-hydrogen) atoms. The largest absolute Gasteiger partial charge is 0.309 e. The SMILES string of the molecule is Cc1nc(C)c(C(C)NCCCCCCC(C)C)s1. The fraction of sp³-hybridized carbons (Fsp3) is 0.812. The number of aryl methyl sites for hydroxylation is 2. The molecule has 0 fully saturated rings. The van der Waals surface area contributed by atoms with Crippen molar-refractivity contribution in [2.45, 2.75) is 72.8 Å². The van der Waals surface area contributed by atoms with Gasteiger partial charge >= 0.3 is 0 Å². The molecular weight excluding hydrogens is 252 g/mol. The summed E-state index contributed by atoms with van der Waals surface area (Å²) in [5.74, 6) is 0.857. The number of unbranched alkanes of at least 4 members (excludes halogenated alkanes) is 3. The van der Waals surface area contributed by atoms with E-state index in [-0.39, 0.29) is 0 Å². The van der Waals surface area contributed by atoms with Crippen LogP contribution in [0.5, 0.6) is 0 Å². The highest BCUT2D eigenvalue weighted by Crippen LogP contribution is 2.24. The Morgan fingerprint density at radius 3 is 2.32 bits per heavy atom. The Kier molecular flexibility index (Phi) is 7.62. The van der Waals surface area contributed by atoms with Crippen molar-refractivity contribution in [3.63, 3.8) is 0 Å². The molecule has 1 unspecified atom stereocenters. The molecule has 1 aromatic heterocycles. The molecule has 0 radical (unpaired) electrons. The normalized spacial score (nSPS) is 13.2. The van der Waals surface area contributed by atoms with Gasteiger partial charge in [-0.25, -0.2) is 4.98 Å². The molecule has 0 aliphatic carbocycles. The van der Waals surface area contributed by atoms with E-state index in [2.05, 4.69) is 44.9 Å². The van der Waals surface area contributed by atoms with Crippen molar-refractivity contribution >= 4 is 11.3 Å². The maximum absolute atomic E-state index is 4.50. The number of nitrogens with zero attached hydrogens (tertiary/aromatic N) is 1. The molecule has 1 atom stereocenters. The summed E-state index contributed by atoms with van der Waals surface area (Å²) in [7, 11) is 0. The minimum atomic E-state index is 0.446. The summed E-state index contributed by atoms with van der Waals surface area (Å²) in [6, 6.07) is 0.446. The van der Waals surface area contributed by atoms with E-state index in [1.165, 1.54) is 47.7 Å². The van der Waals surface area contributed by atoms with Crippen LogP contribution in [-0.4, -0.2) is 11.5 Å². The number of rotatable bonds is 9. The van der Waals surface area contributed by atoms with Crippen molar-refractivity contribution in [2.24, 2.45) is 5.92 Å². The van der Waals surface area contributed by atoms with Crippen LogP contribution in [0.15, 0.2) is 0 Å². The Bertz CT molecular complexity index is 358. The fourth-order valence-electron chi connectivity index (χ4n) is 2.39. The van der Waals surface area contributed by atoms with Gasteiger partial charge in [0.2, 0.25) is 0 Å². The van der Waals surface area contributed by atoms with Crippen molar-refractivity contribution in [1.82, 2.24) is 10.3 Å². The van der Waals surface area contributed by atoms with Gasteiger partial charge in [-0.1, -0.05) is 39.5 Å². The van der Waals surface area contributed by atoms with E-state index < -0.39 is 0 Å². The van der Waals surface area contributed by atoms with E-state index in [9.17, 15) is 0 Å². The predicted octanol–water partition coefficient (Wildman–Crippen LogP) is 5.02. The van der Waals surface area contributed by atoms with E-state index in [1.54, 1.807) is 0 Å². The van der Waals surface area contributed by atoms with Gasteiger partial charge < -0.3 is 5.32 Å². The average Bonchev–Trinajstić information content (AvgIpc) is 2.66. The van der Waals surface area contributed by atoms with Gasteiger partial charge in [0.05, 0.1) is 10.7 Å². The fourth-order valence-corrected chi connectivity index (χ4v) is 3.35. The van der Waals surface area contributed by atoms with Crippen molar-refractivity contribution in [2.75, 3.05) is 6.54 Å².